The normalized spacial score (nSPS) is 19.8. The first-order valence-corrected chi connectivity index (χ1v) is 9.60. The standard InChI is InChI=1S/C17H23N3O3S/c1-19-12-17(18-13-19)24(21,22)20-11-5-3-4-6-16(20)14-7-9-15(23-2)10-8-14/h7-10,12-13,16H,3-6,11H2,1-2H3. The number of imidazole rings is 1. The molecule has 7 heteroatoms. The number of hydrogen-bond acceptors (Lipinski definition) is 4. The first-order valence-electron chi connectivity index (χ1n) is 8.16. The van der Waals surface area contributed by atoms with Crippen LogP contribution < -0.4 is 4.74 Å². The van der Waals surface area contributed by atoms with E-state index in [1.54, 1.807) is 29.2 Å². The molecule has 0 N–H and O–H groups in total. The highest BCUT2D eigenvalue weighted by atomic mass is 32.2. The highest BCUT2D eigenvalue weighted by molar-refractivity contribution is 7.89. The summed E-state index contributed by atoms with van der Waals surface area (Å²) in [5.41, 5.74) is 0.997. The number of sulfonamides is 1. The molecule has 0 saturated carbocycles. The Kier molecular flexibility index (Phi) is 4.91. The molecule has 1 unspecified atom stereocenters. The Balaban J connectivity index is 1.98. The van der Waals surface area contributed by atoms with Gasteiger partial charge in [-0.2, -0.15) is 4.31 Å². The van der Waals surface area contributed by atoms with Gasteiger partial charge in [-0.3, -0.25) is 0 Å². The lowest BCUT2D eigenvalue weighted by Gasteiger charge is -2.28. The van der Waals surface area contributed by atoms with E-state index in [9.17, 15) is 8.42 Å². The maximum atomic E-state index is 13.1. The molecule has 1 aliphatic rings. The third-order valence-corrected chi connectivity index (χ3v) is 6.25. The van der Waals surface area contributed by atoms with Crippen molar-refractivity contribution < 1.29 is 13.2 Å². The van der Waals surface area contributed by atoms with Gasteiger partial charge in [-0.1, -0.05) is 25.0 Å². The molecule has 1 atom stereocenters. The average Bonchev–Trinajstić information content (AvgIpc) is 2.88. The van der Waals surface area contributed by atoms with Gasteiger partial charge in [0.2, 0.25) is 0 Å². The quantitative estimate of drug-likeness (QED) is 0.851. The van der Waals surface area contributed by atoms with Crippen molar-refractivity contribution >= 4 is 10.0 Å². The van der Waals surface area contributed by atoms with Crippen molar-refractivity contribution in [3.05, 3.63) is 42.4 Å². The van der Waals surface area contributed by atoms with Crippen molar-refractivity contribution in [1.29, 1.82) is 0 Å². The number of ether oxygens (including phenoxy) is 1. The maximum Gasteiger partial charge on any atom is 0.262 e. The van der Waals surface area contributed by atoms with Crippen LogP contribution in [-0.4, -0.2) is 35.9 Å². The number of aromatic nitrogens is 2. The molecule has 1 fully saturated rings. The van der Waals surface area contributed by atoms with Gasteiger partial charge in [0.1, 0.15) is 5.75 Å². The Hall–Kier alpha value is -1.86. The summed E-state index contributed by atoms with van der Waals surface area (Å²) in [4.78, 5) is 4.06. The van der Waals surface area contributed by atoms with Crippen LogP contribution in [0.15, 0.2) is 41.8 Å². The molecule has 1 saturated heterocycles. The van der Waals surface area contributed by atoms with Crippen molar-refractivity contribution in [1.82, 2.24) is 13.9 Å². The van der Waals surface area contributed by atoms with Crippen LogP contribution in [-0.2, 0) is 17.1 Å². The molecule has 3 rings (SSSR count). The Morgan fingerprint density at radius 3 is 2.54 bits per heavy atom. The second kappa shape index (κ2) is 6.94. The molecule has 0 amide bonds. The third kappa shape index (κ3) is 3.32. The van der Waals surface area contributed by atoms with Gasteiger partial charge in [0, 0.05) is 19.8 Å². The van der Waals surface area contributed by atoms with Crippen molar-refractivity contribution in [2.45, 2.75) is 36.8 Å². The van der Waals surface area contributed by atoms with Crippen molar-refractivity contribution in [3.63, 3.8) is 0 Å². The second-order valence-corrected chi connectivity index (χ2v) is 7.97. The lowest BCUT2D eigenvalue weighted by atomic mass is 10.0. The van der Waals surface area contributed by atoms with Crippen molar-refractivity contribution in [2.75, 3.05) is 13.7 Å². The average molecular weight is 349 g/mol. The predicted molar refractivity (Wildman–Crippen MR) is 91.3 cm³/mol. The van der Waals surface area contributed by atoms with E-state index < -0.39 is 10.0 Å². The lowest BCUT2D eigenvalue weighted by Crippen LogP contribution is -2.35. The molecule has 130 valence electrons. The summed E-state index contributed by atoms with van der Waals surface area (Å²) < 4.78 is 34.6. The predicted octanol–water partition coefficient (Wildman–Crippen LogP) is 2.73. The number of aryl methyl sites for hydroxylation is 1. The molecule has 0 spiro atoms. The molecule has 2 aromatic rings. The summed E-state index contributed by atoms with van der Waals surface area (Å²) >= 11 is 0. The SMILES string of the molecule is COc1ccc(C2CCCCCN2S(=O)(=O)c2cn(C)cn2)cc1. The number of benzene rings is 1. The molecule has 0 aliphatic carbocycles. The fourth-order valence-electron chi connectivity index (χ4n) is 3.17. The van der Waals surface area contributed by atoms with Gasteiger partial charge in [-0.25, -0.2) is 13.4 Å². The van der Waals surface area contributed by atoms with Gasteiger partial charge in [-0.15, -0.1) is 0 Å². The number of rotatable bonds is 4. The summed E-state index contributed by atoms with van der Waals surface area (Å²) in [6.45, 7) is 0.523. The van der Waals surface area contributed by atoms with Crippen LogP contribution in [0.3, 0.4) is 0 Å². The fourth-order valence-corrected chi connectivity index (χ4v) is 4.82. The summed E-state index contributed by atoms with van der Waals surface area (Å²) in [5.74, 6) is 0.770. The Bertz CT molecular complexity index is 784. The molecule has 0 bridgehead atoms. The molecule has 24 heavy (non-hydrogen) atoms. The highest BCUT2D eigenvalue weighted by Crippen LogP contribution is 2.34. The molecule has 2 heterocycles. The lowest BCUT2D eigenvalue weighted by molar-refractivity contribution is 0.327. The van der Waals surface area contributed by atoms with Gasteiger partial charge in [0.15, 0.2) is 5.03 Å². The van der Waals surface area contributed by atoms with E-state index in [0.717, 1.165) is 37.0 Å². The monoisotopic (exact) mass is 349 g/mol. The Morgan fingerprint density at radius 1 is 1.17 bits per heavy atom. The number of nitrogens with zero attached hydrogens (tertiary/aromatic N) is 3. The molecule has 0 radical (unpaired) electrons. The molecule has 1 aromatic carbocycles. The minimum absolute atomic E-state index is 0.116. The zero-order chi connectivity index (χ0) is 17.2. The van der Waals surface area contributed by atoms with E-state index >= 15 is 0 Å². The highest BCUT2D eigenvalue weighted by Gasteiger charge is 2.34. The number of methoxy groups -OCH3 is 1. The molecule has 1 aromatic heterocycles. The van der Waals surface area contributed by atoms with E-state index in [0.29, 0.717) is 6.54 Å². The molecule has 1 aliphatic heterocycles. The minimum atomic E-state index is -3.61. The zero-order valence-corrected chi connectivity index (χ0v) is 14.9. The smallest absolute Gasteiger partial charge is 0.262 e. The first kappa shape index (κ1) is 17.0. The van der Waals surface area contributed by atoms with Crippen LogP contribution in [0.2, 0.25) is 0 Å². The molecular weight excluding hydrogens is 326 g/mol. The summed E-state index contributed by atoms with van der Waals surface area (Å²) in [6, 6.07) is 7.51. The Morgan fingerprint density at radius 2 is 1.92 bits per heavy atom. The van der Waals surface area contributed by atoms with Crippen LogP contribution in [0.1, 0.15) is 37.3 Å². The maximum absolute atomic E-state index is 13.1. The topological polar surface area (TPSA) is 64.4 Å². The van der Waals surface area contributed by atoms with Gasteiger partial charge >= 0.3 is 0 Å². The van der Waals surface area contributed by atoms with Crippen LogP contribution >= 0.6 is 0 Å². The van der Waals surface area contributed by atoms with Crippen molar-refractivity contribution in [2.24, 2.45) is 7.05 Å². The summed E-state index contributed by atoms with van der Waals surface area (Å²) in [6.07, 6.45) is 6.83. The largest absolute Gasteiger partial charge is 0.497 e. The third-order valence-electron chi connectivity index (χ3n) is 4.46. The summed E-state index contributed by atoms with van der Waals surface area (Å²) in [7, 11) is -0.211. The van der Waals surface area contributed by atoms with E-state index in [-0.39, 0.29) is 11.1 Å². The summed E-state index contributed by atoms with van der Waals surface area (Å²) in [5, 5.41) is 0.116. The van der Waals surface area contributed by atoms with Gasteiger partial charge in [0.05, 0.1) is 19.5 Å². The van der Waals surface area contributed by atoms with Crippen LogP contribution in [0.4, 0.5) is 0 Å². The van der Waals surface area contributed by atoms with Gasteiger partial charge < -0.3 is 9.30 Å². The van der Waals surface area contributed by atoms with E-state index in [1.165, 1.54) is 6.33 Å². The zero-order valence-electron chi connectivity index (χ0n) is 14.1. The van der Waals surface area contributed by atoms with Gasteiger partial charge in [0.25, 0.3) is 10.0 Å². The van der Waals surface area contributed by atoms with E-state index in [1.807, 2.05) is 24.3 Å². The number of hydrogen-bond donors (Lipinski definition) is 0. The second-order valence-electron chi connectivity index (χ2n) is 6.13. The van der Waals surface area contributed by atoms with Crippen LogP contribution in [0.5, 0.6) is 5.75 Å². The van der Waals surface area contributed by atoms with Gasteiger partial charge in [-0.05, 0) is 30.5 Å². The minimum Gasteiger partial charge on any atom is -0.497 e. The molecule has 6 nitrogen and oxygen atoms in total. The fraction of sp³-hybridized carbons (Fsp3) is 0.471. The molecular formula is C17H23N3O3S. The van der Waals surface area contributed by atoms with Crippen molar-refractivity contribution in [3.8, 4) is 5.75 Å². The Labute approximate surface area is 143 Å². The van der Waals surface area contributed by atoms with Crippen LogP contribution in [0, 0.1) is 0 Å². The first-order chi connectivity index (χ1) is 11.5. The van der Waals surface area contributed by atoms with E-state index in [2.05, 4.69) is 4.98 Å². The van der Waals surface area contributed by atoms with E-state index in [4.69, 9.17) is 4.74 Å². The van der Waals surface area contributed by atoms with Crippen LogP contribution in [0.25, 0.3) is 0 Å².